The maximum absolute atomic E-state index is 9.89. The molecule has 1 heterocycles. The topological polar surface area (TPSA) is 33.1 Å². The first kappa shape index (κ1) is 10.4. The van der Waals surface area contributed by atoms with Crippen molar-refractivity contribution in [2.75, 3.05) is 0 Å². The van der Waals surface area contributed by atoms with Gasteiger partial charge in [-0.15, -0.1) is 0 Å². The minimum Gasteiger partial charge on any atom is -0.507 e. The highest BCUT2D eigenvalue weighted by atomic mass is 16.3. The molecule has 0 atom stereocenters. The molecule has 0 aliphatic heterocycles. The summed E-state index contributed by atoms with van der Waals surface area (Å²) < 4.78 is 0. The number of nitrogens with zero attached hydrogens (tertiary/aromatic N) is 1. The Kier molecular flexibility index (Phi) is 3.01. The summed E-state index contributed by atoms with van der Waals surface area (Å²) in [5.41, 5.74) is 2.73. The molecule has 1 N–H and O–H groups in total. The molecule has 0 saturated carbocycles. The number of hydrogen-bond donors (Lipinski definition) is 1. The largest absolute Gasteiger partial charge is 0.507 e. The molecule has 0 amide bonds. The first-order chi connectivity index (χ1) is 7.75. The normalized spacial score (nSPS) is 11.4. The third-order valence-corrected chi connectivity index (χ3v) is 2.32. The van der Waals surface area contributed by atoms with E-state index in [1.807, 2.05) is 49.4 Å². The molecule has 0 aliphatic rings. The highest BCUT2D eigenvalue weighted by Gasteiger charge is 1.98. The van der Waals surface area contributed by atoms with Crippen LogP contribution in [-0.2, 0) is 0 Å². The average molecular weight is 211 g/mol. The number of aryl methyl sites for hydroxylation is 1. The van der Waals surface area contributed by atoms with Gasteiger partial charge in [-0.1, -0.05) is 35.9 Å². The number of rotatable bonds is 2. The smallest absolute Gasteiger partial charge is 0.124 e. The zero-order chi connectivity index (χ0) is 11.4. The minimum atomic E-state index is 0.235. The molecular weight excluding hydrogens is 198 g/mol. The molecule has 0 fully saturated rings. The van der Waals surface area contributed by atoms with E-state index in [1.54, 1.807) is 12.3 Å². The summed E-state index contributed by atoms with van der Waals surface area (Å²) >= 11 is 0. The zero-order valence-corrected chi connectivity index (χ0v) is 9.09. The lowest BCUT2D eigenvalue weighted by Crippen LogP contribution is -1.85. The van der Waals surface area contributed by atoms with Gasteiger partial charge in [0.25, 0.3) is 0 Å². The first-order valence-electron chi connectivity index (χ1n) is 5.14. The van der Waals surface area contributed by atoms with Crippen LogP contribution < -0.4 is 0 Å². The predicted octanol–water partition coefficient (Wildman–Crippen LogP) is 3.45. The van der Waals surface area contributed by atoms with E-state index in [0.29, 0.717) is 0 Å². The van der Waals surface area contributed by atoms with Gasteiger partial charge in [-0.3, -0.25) is 4.98 Å². The van der Waals surface area contributed by atoms with Crippen LogP contribution in [0.2, 0.25) is 0 Å². The molecule has 2 heteroatoms. The predicted molar refractivity (Wildman–Crippen MR) is 65.9 cm³/mol. The lowest BCUT2D eigenvalue weighted by molar-refractivity contribution is 0.515. The second-order valence-corrected chi connectivity index (χ2v) is 3.65. The summed E-state index contributed by atoms with van der Waals surface area (Å²) in [6.07, 6.45) is 3.36. The molecule has 16 heavy (non-hydrogen) atoms. The summed E-state index contributed by atoms with van der Waals surface area (Å²) in [5, 5.41) is 9.89. The van der Waals surface area contributed by atoms with E-state index in [2.05, 4.69) is 4.98 Å². The van der Waals surface area contributed by atoms with Crippen LogP contribution in [0.1, 0.15) is 16.8 Å². The molecule has 1 aromatic heterocycles. The highest BCUT2D eigenvalue weighted by Crippen LogP contribution is 2.14. The molecule has 0 unspecified atom stereocenters. The Morgan fingerprint density at radius 1 is 1.12 bits per heavy atom. The quantitative estimate of drug-likeness (QED) is 0.772. The van der Waals surface area contributed by atoms with Gasteiger partial charge in [0.05, 0.1) is 5.69 Å². The van der Waals surface area contributed by atoms with Crippen molar-refractivity contribution in [2.24, 2.45) is 0 Å². The van der Waals surface area contributed by atoms with Gasteiger partial charge in [-0.05, 0) is 19.1 Å². The highest BCUT2D eigenvalue weighted by molar-refractivity contribution is 5.75. The van der Waals surface area contributed by atoms with Gasteiger partial charge >= 0.3 is 0 Å². The Labute approximate surface area is 94.9 Å². The van der Waals surface area contributed by atoms with Crippen LogP contribution in [0.5, 0.6) is 0 Å². The van der Waals surface area contributed by atoms with Crippen molar-refractivity contribution >= 4 is 11.8 Å². The van der Waals surface area contributed by atoms with Crippen LogP contribution in [0.15, 0.2) is 48.7 Å². The maximum atomic E-state index is 9.89. The molecule has 0 saturated heterocycles. The van der Waals surface area contributed by atoms with E-state index in [9.17, 15) is 5.11 Å². The lowest BCUT2D eigenvalue weighted by atomic mass is 10.1. The fourth-order valence-electron chi connectivity index (χ4n) is 1.41. The molecule has 0 bridgehead atoms. The Bertz CT molecular complexity index is 486. The molecule has 0 spiro atoms. The van der Waals surface area contributed by atoms with E-state index in [0.717, 1.165) is 11.3 Å². The lowest BCUT2D eigenvalue weighted by Gasteiger charge is -2.00. The zero-order valence-electron chi connectivity index (χ0n) is 9.09. The average Bonchev–Trinajstić information content (AvgIpc) is 2.31. The number of pyridine rings is 1. The number of benzene rings is 1. The molecule has 0 aliphatic carbocycles. The molecule has 2 nitrogen and oxygen atoms in total. The fourth-order valence-corrected chi connectivity index (χ4v) is 1.41. The summed E-state index contributed by atoms with van der Waals surface area (Å²) in [6.45, 7) is 2.02. The summed E-state index contributed by atoms with van der Waals surface area (Å²) in [5.74, 6) is 0.235. The second-order valence-electron chi connectivity index (χ2n) is 3.65. The van der Waals surface area contributed by atoms with E-state index >= 15 is 0 Å². The van der Waals surface area contributed by atoms with Gasteiger partial charge in [-0.2, -0.15) is 0 Å². The van der Waals surface area contributed by atoms with Crippen LogP contribution in [0.25, 0.3) is 11.8 Å². The van der Waals surface area contributed by atoms with Crippen LogP contribution in [-0.4, -0.2) is 10.1 Å². The Balaban J connectivity index is 2.28. The molecule has 80 valence electrons. The van der Waals surface area contributed by atoms with Crippen molar-refractivity contribution in [3.63, 3.8) is 0 Å². The fraction of sp³-hybridized carbons (Fsp3) is 0.0714. The van der Waals surface area contributed by atoms with Crippen LogP contribution in [0.4, 0.5) is 0 Å². The van der Waals surface area contributed by atoms with Crippen molar-refractivity contribution < 1.29 is 5.11 Å². The van der Waals surface area contributed by atoms with Gasteiger partial charge < -0.3 is 5.11 Å². The monoisotopic (exact) mass is 211 g/mol. The van der Waals surface area contributed by atoms with Gasteiger partial charge in [0.15, 0.2) is 0 Å². The summed E-state index contributed by atoms with van der Waals surface area (Å²) in [7, 11) is 0. The molecular formula is C14H13NO. The maximum Gasteiger partial charge on any atom is 0.124 e. The molecule has 2 aromatic rings. The van der Waals surface area contributed by atoms with E-state index in [1.165, 1.54) is 5.56 Å². The minimum absolute atomic E-state index is 0.235. The number of aliphatic hydroxyl groups is 1. The van der Waals surface area contributed by atoms with Crippen LogP contribution >= 0.6 is 0 Å². The molecule has 2 rings (SSSR count). The second kappa shape index (κ2) is 4.62. The third-order valence-electron chi connectivity index (χ3n) is 2.32. The Morgan fingerprint density at radius 2 is 1.88 bits per heavy atom. The van der Waals surface area contributed by atoms with Crippen molar-refractivity contribution in [3.8, 4) is 0 Å². The summed E-state index contributed by atoms with van der Waals surface area (Å²) in [6, 6.07) is 13.3. The molecule has 0 radical (unpaired) electrons. The van der Waals surface area contributed by atoms with E-state index < -0.39 is 0 Å². The SMILES string of the molecule is Cc1ccc(/C(O)=C/c2ccccn2)cc1. The standard InChI is InChI=1S/C14H13NO/c1-11-5-7-12(8-6-11)14(16)10-13-4-2-3-9-15-13/h2-10,16H,1H3/b14-10-. The van der Waals surface area contributed by atoms with Gasteiger partial charge in [0, 0.05) is 17.8 Å². The summed E-state index contributed by atoms with van der Waals surface area (Å²) in [4.78, 5) is 4.13. The van der Waals surface area contributed by atoms with Crippen LogP contribution in [0, 0.1) is 6.92 Å². The van der Waals surface area contributed by atoms with Crippen LogP contribution in [0.3, 0.4) is 0 Å². The third kappa shape index (κ3) is 2.48. The first-order valence-corrected chi connectivity index (χ1v) is 5.14. The number of hydrogen-bond acceptors (Lipinski definition) is 2. The Hall–Kier alpha value is -2.09. The van der Waals surface area contributed by atoms with E-state index in [4.69, 9.17) is 0 Å². The van der Waals surface area contributed by atoms with Crippen molar-refractivity contribution in [1.82, 2.24) is 4.98 Å². The van der Waals surface area contributed by atoms with Crippen molar-refractivity contribution in [3.05, 3.63) is 65.5 Å². The van der Waals surface area contributed by atoms with E-state index in [-0.39, 0.29) is 5.76 Å². The van der Waals surface area contributed by atoms with Gasteiger partial charge in [-0.25, -0.2) is 0 Å². The van der Waals surface area contributed by atoms with Gasteiger partial charge in [0.2, 0.25) is 0 Å². The van der Waals surface area contributed by atoms with Gasteiger partial charge in [0.1, 0.15) is 5.76 Å². The number of aromatic nitrogens is 1. The van der Waals surface area contributed by atoms with Crippen molar-refractivity contribution in [1.29, 1.82) is 0 Å². The van der Waals surface area contributed by atoms with Crippen molar-refractivity contribution in [2.45, 2.75) is 6.92 Å². The number of aliphatic hydroxyl groups excluding tert-OH is 1. The molecule has 1 aromatic carbocycles. The Morgan fingerprint density at radius 3 is 2.50 bits per heavy atom.